The Morgan fingerprint density at radius 2 is 0.952 bits per heavy atom. The average Bonchev–Trinajstić information content (AvgIpc) is 3.65. The molecule has 456 valence electrons. The van der Waals surface area contributed by atoms with E-state index in [1.807, 2.05) is 30.4 Å². The van der Waals surface area contributed by atoms with Gasteiger partial charge >= 0.3 is 0 Å². The van der Waals surface area contributed by atoms with Crippen molar-refractivity contribution in [3.63, 3.8) is 0 Å². The van der Waals surface area contributed by atoms with Crippen LogP contribution in [0.15, 0.2) is 80.1 Å². The predicted molar refractivity (Wildman–Crippen MR) is 312 cm³/mol. The van der Waals surface area contributed by atoms with Crippen LogP contribution in [0.3, 0.4) is 0 Å². The molecule has 0 saturated heterocycles. The second kappa shape index (κ2) is 32.4. The number of hydrogen-bond acceptors (Lipinski definition) is 12. The van der Waals surface area contributed by atoms with Crippen molar-refractivity contribution in [1.29, 1.82) is 0 Å². The number of anilines is 3. The van der Waals surface area contributed by atoms with Gasteiger partial charge in [0.2, 0.25) is 53.1 Å². The molecular weight excluding hydrogens is 1090 g/mol. The van der Waals surface area contributed by atoms with Crippen LogP contribution in [-0.2, 0) is 14.4 Å². The van der Waals surface area contributed by atoms with E-state index in [1.165, 1.54) is 40.7 Å². The molecule has 3 aliphatic carbocycles. The lowest BCUT2D eigenvalue weighted by Gasteiger charge is -2.30. The molecule has 0 unspecified atom stereocenters. The van der Waals surface area contributed by atoms with E-state index in [9.17, 15) is 45.5 Å². The summed E-state index contributed by atoms with van der Waals surface area (Å²) in [6.07, 6.45) is 22.2. The molecule has 83 heavy (non-hydrogen) atoms. The third-order valence-corrected chi connectivity index (χ3v) is 14.6. The third-order valence-electron chi connectivity index (χ3n) is 14.6. The van der Waals surface area contributed by atoms with Gasteiger partial charge in [-0.05, 0) is 146 Å². The van der Waals surface area contributed by atoms with Gasteiger partial charge in [0.15, 0.2) is 5.69 Å². The van der Waals surface area contributed by atoms with Crippen molar-refractivity contribution < 1.29 is 69.6 Å². The number of amides is 4. The minimum absolute atomic E-state index is 0. The minimum atomic E-state index is -2.65. The monoisotopic (exact) mass is 1170 g/mol. The summed E-state index contributed by atoms with van der Waals surface area (Å²) in [4.78, 5) is 59.2. The summed E-state index contributed by atoms with van der Waals surface area (Å²) in [5, 5.41) is 16.7. The Morgan fingerprint density at radius 3 is 1.30 bits per heavy atom. The highest BCUT2D eigenvalue weighted by Gasteiger charge is 2.38. The zero-order chi connectivity index (χ0) is 61.0. The Labute approximate surface area is 483 Å². The number of primary amides is 1. The Kier molecular flexibility index (Phi) is 27.2. The molecule has 6 N–H and O–H groups in total. The number of alkyl halides is 6. The Hall–Kier alpha value is -7.49. The van der Waals surface area contributed by atoms with Crippen LogP contribution in [0.1, 0.15) is 132 Å². The molecule has 3 aliphatic rings. The van der Waals surface area contributed by atoms with E-state index < -0.39 is 59.8 Å². The SMILES string of the molecule is C.C=C(CO)C(=O)Nc1cnc(OC)c(/C=C/C2CCC(C(C)(F)F)CC2)c1.C=CC(=O)Nc1cc(/C=C/C2CCC(C(C)(F)F)CC2)c(OC)nc1C(N)=O.C=CC(=O)Nc1cc(/C=C/C2CCC(C(C)(F)F)CC2)c(OC)nc1OC. The molecule has 0 atom stereocenters. The zero-order valence-corrected chi connectivity index (χ0v) is 47.6. The van der Waals surface area contributed by atoms with Crippen LogP contribution >= 0.6 is 0 Å². The number of carbonyl (C=O) groups is 4. The van der Waals surface area contributed by atoms with Gasteiger partial charge in [-0.1, -0.05) is 63.6 Å². The summed E-state index contributed by atoms with van der Waals surface area (Å²) < 4.78 is 102. The summed E-state index contributed by atoms with van der Waals surface area (Å²) in [5.41, 5.74) is 8.12. The van der Waals surface area contributed by atoms with Crippen LogP contribution in [0.2, 0.25) is 0 Å². The van der Waals surface area contributed by atoms with Gasteiger partial charge in [-0.2, -0.15) is 4.98 Å². The average molecular weight is 1170 g/mol. The lowest BCUT2D eigenvalue weighted by Crippen LogP contribution is -2.28. The second-order valence-electron chi connectivity index (χ2n) is 20.7. The number of pyridine rings is 3. The number of nitrogens with zero attached hydrogens (tertiary/aromatic N) is 3. The quantitative estimate of drug-likeness (QED) is 0.0496. The number of nitrogens with one attached hydrogen (secondary N) is 3. The van der Waals surface area contributed by atoms with Crippen molar-refractivity contribution in [1.82, 2.24) is 15.0 Å². The fraction of sp³-hybridized carbons (Fsp3) is 0.492. The number of methoxy groups -OCH3 is 4. The van der Waals surface area contributed by atoms with Crippen LogP contribution in [0.5, 0.6) is 23.5 Å². The fourth-order valence-electron chi connectivity index (χ4n) is 9.76. The van der Waals surface area contributed by atoms with E-state index in [2.05, 4.69) is 50.6 Å². The highest BCUT2D eigenvalue weighted by atomic mass is 19.3. The highest BCUT2D eigenvalue weighted by molar-refractivity contribution is 6.05. The van der Waals surface area contributed by atoms with Gasteiger partial charge in [-0.25, -0.2) is 36.3 Å². The molecule has 0 aliphatic heterocycles. The molecule has 3 saturated carbocycles. The van der Waals surface area contributed by atoms with Crippen molar-refractivity contribution in [2.24, 2.45) is 41.2 Å². The standard InChI is InChI=1S/C20H25F2N3O3.2C20H26F2N2O3.CH4/c1-4-16(26)24-15-11-13(19(28-3)25-17(15)18(23)27)8-5-12-6-9-14(10-7-12)20(2,21)22;1-13(12-25)18(26)24-17-10-15(19(27-3)23-11-17)7-4-14-5-8-16(9-6-14)20(2,21)22;1-5-17(25)23-16-12-14(18(26-3)24-19(16)27-4)9-6-13-7-10-15(11-8-13)20(2,21)22;/h4-5,8,11-12,14H,1,6-7,9-10H2,2-3H3,(H2,23,27)(H,24,26);4,7,10-11,14,16,25H,1,5-6,8-9,12H2,2-3H3,(H,24,26);5-6,9,12-13,15H,1,7-8,10-11H2,2-4H3,(H,23,25);1H4/b8-5+;7-4+;9-6+;. The van der Waals surface area contributed by atoms with Crippen molar-refractivity contribution in [2.75, 3.05) is 51.0 Å². The first-order valence-electron chi connectivity index (χ1n) is 26.9. The van der Waals surface area contributed by atoms with Gasteiger partial charge in [0.25, 0.3) is 11.8 Å². The number of hydrogen-bond donors (Lipinski definition) is 5. The number of rotatable bonds is 21. The minimum Gasteiger partial charge on any atom is -0.481 e. The van der Waals surface area contributed by atoms with Crippen LogP contribution in [0, 0.1) is 35.5 Å². The molecular formula is C61H81F6N7O9. The third kappa shape index (κ3) is 21.7. The molecule has 0 bridgehead atoms. The molecule has 3 fully saturated rings. The summed E-state index contributed by atoms with van der Waals surface area (Å²) in [5.74, 6) is -9.98. The molecule has 6 rings (SSSR count). The largest absolute Gasteiger partial charge is 0.481 e. The van der Waals surface area contributed by atoms with Crippen LogP contribution in [0.25, 0.3) is 18.2 Å². The Balaban J connectivity index is 0.000000325. The van der Waals surface area contributed by atoms with Crippen LogP contribution in [0.4, 0.5) is 43.4 Å². The van der Waals surface area contributed by atoms with E-state index in [4.69, 9.17) is 29.8 Å². The van der Waals surface area contributed by atoms with E-state index >= 15 is 0 Å². The lowest BCUT2D eigenvalue weighted by atomic mass is 9.79. The lowest BCUT2D eigenvalue weighted by molar-refractivity contribution is -0.113. The number of carbonyl (C=O) groups excluding carboxylic acids is 4. The van der Waals surface area contributed by atoms with Crippen molar-refractivity contribution in [3.05, 3.63) is 102 Å². The van der Waals surface area contributed by atoms with E-state index in [0.29, 0.717) is 104 Å². The Morgan fingerprint density at radius 1 is 0.590 bits per heavy atom. The molecule has 0 radical (unpaired) electrons. The smallest absolute Gasteiger partial charge is 0.269 e. The second-order valence-corrected chi connectivity index (χ2v) is 20.7. The zero-order valence-electron chi connectivity index (χ0n) is 47.6. The highest BCUT2D eigenvalue weighted by Crippen LogP contribution is 2.42. The molecule has 3 heterocycles. The summed E-state index contributed by atoms with van der Waals surface area (Å²) in [6, 6.07) is 4.95. The maximum Gasteiger partial charge on any atom is 0.269 e. The summed E-state index contributed by atoms with van der Waals surface area (Å²) in [6.45, 7) is 12.8. The fourth-order valence-corrected chi connectivity index (χ4v) is 9.76. The van der Waals surface area contributed by atoms with Crippen molar-refractivity contribution >= 4 is 58.9 Å². The van der Waals surface area contributed by atoms with Gasteiger partial charge in [-0.3, -0.25) is 19.2 Å². The molecule has 3 aromatic heterocycles. The van der Waals surface area contributed by atoms with Crippen LogP contribution < -0.4 is 40.6 Å². The molecule has 3 aromatic rings. The number of aromatic nitrogens is 3. The summed E-state index contributed by atoms with van der Waals surface area (Å²) >= 11 is 0. The van der Waals surface area contributed by atoms with Gasteiger partial charge in [0.05, 0.1) is 52.6 Å². The van der Waals surface area contributed by atoms with E-state index in [0.717, 1.165) is 45.8 Å². The predicted octanol–water partition coefficient (Wildman–Crippen LogP) is 13.2. The van der Waals surface area contributed by atoms with Gasteiger partial charge in [0, 0.05) is 40.0 Å². The maximum atomic E-state index is 13.4. The molecule has 4 amide bonds. The number of aliphatic hydroxyl groups excluding tert-OH is 1. The van der Waals surface area contributed by atoms with Gasteiger partial charge in [-0.15, -0.1) is 0 Å². The molecule has 22 heteroatoms. The van der Waals surface area contributed by atoms with E-state index in [-0.39, 0.29) is 59.8 Å². The maximum absolute atomic E-state index is 13.4. The van der Waals surface area contributed by atoms with Crippen molar-refractivity contribution in [3.8, 4) is 23.5 Å². The Bertz CT molecular complexity index is 2790. The molecule has 0 aromatic carbocycles. The number of ether oxygens (including phenoxy) is 4. The first kappa shape index (κ1) is 69.8. The van der Waals surface area contributed by atoms with Gasteiger partial charge in [0.1, 0.15) is 5.69 Å². The van der Waals surface area contributed by atoms with E-state index in [1.54, 1.807) is 18.2 Å². The first-order chi connectivity index (χ1) is 38.7. The van der Waals surface area contributed by atoms with Crippen LogP contribution in [-0.4, -0.2) is 96.5 Å². The topological polar surface area (TPSA) is 226 Å². The molecule has 0 spiro atoms. The number of nitrogens with two attached hydrogens (primary N) is 1. The van der Waals surface area contributed by atoms with Gasteiger partial charge < -0.3 is 45.7 Å². The normalized spacial score (nSPS) is 20.0. The molecule has 16 nitrogen and oxygen atoms in total. The van der Waals surface area contributed by atoms with Crippen molar-refractivity contribution in [2.45, 2.75) is 123 Å². The number of aliphatic hydroxyl groups is 1. The summed E-state index contributed by atoms with van der Waals surface area (Å²) in [7, 11) is 5.85. The number of allylic oxidation sites excluding steroid dienone is 3. The first-order valence-corrected chi connectivity index (χ1v) is 26.9. The number of halogens is 6.